The third-order valence-electron chi connectivity index (χ3n) is 5.58. The maximum atomic E-state index is 12.6. The minimum absolute atomic E-state index is 0.296. The Bertz CT molecular complexity index is 943. The number of hydrogen-bond acceptors (Lipinski definition) is 5. The van der Waals surface area contributed by atoms with Crippen LogP contribution in [-0.2, 0) is 11.3 Å². The average Bonchev–Trinajstić information content (AvgIpc) is 2.72. The summed E-state index contributed by atoms with van der Waals surface area (Å²) in [5.74, 6) is -0.687. The van der Waals surface area contributed by atoms with Crippen molar-refractivity contribution >= 4 is 29.2 Å². The van der Waals surface area contributed by atoms with Gasteiger partial charge in [0.1, 0.15) is 0 Å². The van der Waals surface area contributed by atoms with Crippen LogP contribution in [0.5, 0.6) is 0 Å². The minimum Gasteiger partial charge on any atom is -0.326 e. The number of nitrogens with one attached hydrogen (secondary N) is 2. The van der Waals surface area contributed by atoms with Crippen molar-refractivity contribution in [1.82, 2.24) is 10.2 Å². The molecule has 2 aliphatic rings. The van der Waals surface area contributed by atoms with E-state index in [4.69, 9.17) is 16.6 Å². The molecule has 1 spiro atoms. The average molecular weight is 408 g/mol. The van der Waals surface area contributed by atoms with Gasteiger partial charge in [-0.1, -0.05) is 41.9 Å². The van der Waals surface area contributed by atoms with E-state index in [1.54, 1.807) is 12.1 Å². The largest absolute Gasteiger partial charge is 0.326 e. The summed E-state index contributed by atoms with van der Waals surface area (Å²) in [7, 11) is 0. The molecule has 7 heteroatoms. The van der Waals surface area contributed by atoms with Crippen LogP contribution < -0.4 is 10.6 Å². The Balaban J connectivity index is 1.51. The van der Waals surface area contributed by atoms with E-state index in [0.717, 1.165) is 25.3 Å². The summed E-state index contributed by atoms with van der Waals surface area (Å²) in [5.41, 5.74) is 1.34. The molecule has 0 unspecified atom stereocenters. The number of hydrogen-bond donors (Lipinski definition) is 2. The van der Waals surface area contributed by atoms with Gasteiger partial charge in [0.25, 0.3) is 0 Å². The number of aliphatic imine (C=N–C) groups is 1. The normalized spacial score (nSPS) is 21.2. The summed E-state index contributed by atoms with van der Waals surface area (Å²) >= 11 is 5.94. The van der Waals surface area contributed by atoms with Crippen molar-refractivity contribution in [3.63, 3.8) is 0 Å². The predicted octanol–water partition coefficient (Wildman–Crippen LogP) is 3.41. The smallest absolute Gasteiger partial charge is 0.246 e. The number of benzene rings is 2. The number of anilines is 1. The number of carbonyl (C=O) groups excluding carboxylic acids is 1. The van der Waals surface area contributed by atoms with Crippen molar-refractivity contribution in [2.24, 2.45) is 10.9 Å². The Hall–Kier alpha value is -2.88. The Kier molecular flexibility index (Phi) is 5.52. The Morgan fingerprint density at radius 2 is 1.86 bits per heavy atom. The summed E-state index contributed by atoms with van der Waals surface area (Å²) < 4.78 is 0. The maximum absolute atomic E-state index is 12.6. The van der Waals surface area contributed by atoms with Gasteiger partial charge >= 0.3 is 0 Å². The van der Waals surface area contributed by atoms with Crippen molar-refractivity contribution in [2.45, 2.75) is 24.9 Å². The number of nitriles is 1. The first-order valence-electron chi connectivity index (χ1n) is 9.67. The first-order valence-corrected chi connectivity index (χ1v) is 10.0. The van der Waals surface area contributed by atoms with Gasteiger partial charge in [-0.2, -0.15) is 5.26 Å². The molecule has 2 aliphatic heterocycles. The number of halogens is 1. The van der Waals surface area contributed by atoms with Gasteiger partial charge in [-0.05, 0) is 42.7 Å². The lowest BCUT2D eigenvalue weighted by Crippen LogP contribution is -2.58. The molecule has 1 saturated heterocycles. The van der Waals surface area contributed by atoms with Crippen LogP contribution in [0.25, 0.3) is 0 Å². The summed E-state index contributed by atoms with van der Waals surface area (Å²) in [6, 6.07) is 19.7. The van der Waals surface area contributed by atoms with Crippen LogP contribution in [0.4, 0.5) is 5.69 Å². The molecule has 1 atom stereocenters. The molecule has 148 valence electrons. The molecular weight excluding hydrogens is 386 g/mol. The van der Waals surface area contributed by atoms with Gasteiger partial charge in [0.05, 0.1) is 11.6 Å². The molecule has 4 rings (SSSR count). The molecule has 0 aromatic heterocycles. The second-order valence-electron chi connectivity index (χ2n) is 7.51. The fraction of sp³-hybridized carbons (Fsp3) is 0.318. The molecule has 0 bridgehead atoms. The van der Waals surface area contributed by atoms with Crippen LogP contribution >= 0.6 is 11.6 Å². The molecule has 0 saturated carbocycles. The van der Waals surface area contributed by atoms with Gasteiger partial charge in [-0.3, -0.25) is 15.0 Å². The molecular formula is C22H22ClN5O. The van der Waals surface area contributed by atoms with Gasteiger partial charge in [0.2, 0.25) is 11.9 Å². The van der Waals surface area contributed by atoms with Gasteiger partial charge in [0, 0.05) is 30.3 Å². The van der Waals surface area contributed by atoms with Crippen molar-refractivity contribution in [2.75, 3.05) is 18.4 Å². The number of piperidine rings is 1. The lowest BCUT2D eigenvalue weighted by Gasteiger charge is -2.43. The molecule has 0 radical (unpaired) electrons. The van der Waals surface area contributed by atoms with Crippen molar-refractivity contribution < 1.29 is 4.79 Å². The number of guanidine groups is 1. The Labute approximate surface area is 175 Å². The zero-order valence-corrected chi connectivity index (χ0v) is 16.7. The van der Waals surface area contributed by atoms with Crippen LogP contribution in [0, 0.1) is 17.2 Å². The van der Waals surface area contributed by atoms with Gasteiger partial charge in [-0.25, -0.2) is 4.99 Å². The quantitative estimate of drug-likeness (QED) is 0.817. The standard InChI is InChI=1S/C22H22ClN5O/c23-17-6-8-18(9-7-17)25-21-26-20(29)19(14-24)22(27-21)10-12-28(13-11-22)15-16-4-2-1-3-5-16/h1-9,19H,10-13,15H2,(H2,25,26,27,29)/t19-/m1/s1. The summed E-state index contributed by atoms with van der Waals surface area (Å²) in [6.45, 7) is 2.44. The van der Waals surface area contributed by atoms with E-state index < -0.39 is 11.5 Å². The monoisotopic (exact) mass is 407 g/mol. The zero-order chi connectivity index (χ0) is 20.3. The number of likely N-dealkylation sites (tertiary alicyclic amines) is 1. The van der Waals surface area contributed by atoms with Crippen LogP contribution in [0.15, 0.2) is 59.6 Å². The number of amides is 1. The van der Waals surface area contributed by atoms with Crippen LogP contribution in [0.1, 0.15) is 18.4 Å². The molecule has 2 heterocycles. The number of carbonyl (C=O) groups is 1. The van der Waals surface area contributed by atoms with E-state index in [1.807, 2.05) is 30.3 Å². The Morgan fingerprint density at radius 3 is 2.52 bits per heavy atom. The van der Waals surface area contributed by atoms with Gasteiger partial charge < -0.3 is 5.32 Å². The predicted molar refractivity (Wildman–Crippen MR) is 113 cm³/mol. The van der Waals surface area contributed by atoms with Crippen molar-refractivity contribution in [3.05, 3.63) is 65.2 Å². The molecule has 2 aromatic rings. The second kappa shape index (κ2) is 8.24. The molecule has 2 N–H and O–H groups in total. The van der Waals surface area contributed by atoms with Gasteiger partial charge in [-0.15, -0.1) is 0 Å². The van der Waals surface area contributed by atoms with Crippen molar-refractivity contribution in [3.8, 4) is 6.07 Å². The second-order valence-corrected chi connectivity index (χ2v) is 7.95. The maximum Gasteiger partial charge on any atom is 0.246 e. The molecule has 6 nitrogen and oxygen atoms in total. The van der Waals surface area contributed by atoms with Crippen LogP contribution in [0.3, 0.4) is 0 Å². The summed E-state index contributed by atoms with van der Waals surface area (Å²) in [6.07, 6.45) is 1.33. The molecule has 2 aromatic carbocycles. The molecule has 1 amide bonds. The fourth-order valence-corrected chi connectivity index (χ4v) is 4.12. The van der Waals surface area contributed by atoms with Crippen LogP contribution in [0.2, 0.25) is 5.02 Å². The third-order valence-corrected chi connectivity index (χ3v) is 5.83. The lowest BCUT2D eigenvalue weighted by molar-refractivity contribution is -0.125. The fourth-order valence-electron chi connectivity index (χ4n) is 4.00. The highest BCUT2D eigenvalue weighted by atomic mass is 35.5. The van der Waals surface area contributed by atoms with E-state index in [1.165, 1.54) is 5.56 Å². The highest BCUT2D eigenvalue weighted by molar-refractivity contribution is 6.30. The molecule has 29 heavy (non-hydrogen) atoms. The first kappa shape index (κ1) is 19.4. The molecule has 0 aliphatic carbocycles. The third kappa shape index (κ3) is 4.26. The van der Waals surface area contributed by atoms with Crippen molar-refractivity contribution in [1.29, 1.82) is 5.26 Å². The summed E-state index contributed by atoms with van der Waals surface area (Å²) in [5, 5.41) is 16.2. The SMILES string of the molecule is N#C[C@@H]1C(=O)NC(Nc2ccc(Cl)cc2)=NC12CCN(Cc1ccccc1)CC2. The number of nitrogens with zero attached hydrogens (tertiary/aromatic N) is 3. The highest BCUT2D eigenvalue weighted by Crippen LogP contribution is 2.36. The van der Waals surface area contributed by atoms with E-state index in [0.29, 0.717) is 23.8 Å². The minimum atomic E-state index is -0.780. The summed E-state index contributed by atoms with van der Waals surface area (Å²) in [4.78, 5) is 19.8. The van der Waals surface area contributed by atoms with E-state index in [2.05, 4.69) is 33.7 Å². The number of rotatable bonds is 3. The highest BCUT2D eigenvalue weighted by Gasteiger charge is 2.48. The van der Waals surface area contributed by atoms with E-state index >= 15 is 0 Å². The Morgan fingerprint density at radius 1 is 1.17 bits per heavy atom. The lowest BCUT2D eigenvalue weighted by atomic mass is 9.76. The van der Waals surface area contributed by atoms with Gasteiger partial charge in [0.15, 0.2) is 5.92 Å². The van der Waals surface area contributed by atoms with Crippen LogP contribution in [-0.4, -0.2) is 35.4 Å². The molecule has 1 fully saturated rings. The van der Waals surface area contributed by atoms with E-state index in [-0.39, 0.29) is 5.91 Å². The topological polar surface area (TPSA) is 80.5 Å². The first-order chi connectivity index (χ1) is 14.1. The zero-order valence-electron chi connectivity index (χ0n) is 15.9. The van der Waals surface area contributed by atoms with E-state index in [9.17, 15) is 10.1 Å².